The zero-order valence-electron chi connectivity index (χ0n) is 39.9. The third-order valence-electron chi connectivity index (χ3n) is 11.5. The first-order chi connectivity index (χ1) is 28.3. The molecule has 0 bridgehead atoms. The summed E-state index contributed by atoms with van der Waals surface area (Å²) < 4.78 is 11.6. The maximum Gasteiger partial charge on any atom is 0.410 e. The van der Waals surface area contributed by atoms with E-state index in [9.17, 15) is 19.2 Å². The Morgan fingerprint density at radius 1 is 0.516 bits per heavy atom. The number of hydrogen-bond donors (Lipinski definition) is 4. The van der Waals surface area contributed by atoms with Gasteiger partial charge in [0.2, 0.25) is 0 Å². The SMILES string of the molecule is CN(C)C(=O)OC(C)(C(=O)N[C@H](c1ncc(-c2ccc(-c3cnc(-c4cnc([C@@H](NC(=O)C(C)(OC(=O)N(C)C)C(C)(C)C)C(C)(C)C)[nH]4)cn3)cc2)[nH]1)C(C)(C)C)C(C)(C)C. The van der Waals surface area contributed by atoms with E-state index >= 15 is 0 Å². The average molecular weight is 857 g/mol. The molecular weight excluding hydrogens is 789 g/mol. The summed E-state index contributed by atoms with van der Waals surface area (Å²) in [6.45, 7) is 26.4. The Morgan fingerprint density at radius 3 is 1.23 bits per heavy atom. The van der Waals surface area contributed by atoms with Crippen molar-refractivity contribution in [2.45, 2.75) is 120 Å². The second-order valence-corrected chi connectivity index (χ2v) is 20.9. The second kappa shape index (κ2) is 17.5. The minimum Gasteiger partial charge on any atom is -0.432 e. The molecule has 0 saturated heterocycles. The predicted molar refractivity (Wildman–Crippen MR) is 239 cm³/mol. The van der Waals surface area contributed by atoms with Crippen LogP contribution < -0.4 is 10.6 Å². The van der Waals surface area contributed by atoms with Crippen LogP contribution in [0.2, 0.25) is 0 Å². The lowest BCUT2D eigenvalue weighted by Gasteiger charge is -2.42. The molecule has 338 valence electrons. The van der Waals surface area contributed by atoms with E-state index in [1.807, 2.05) is 107 Å². The van der Waals surface area contributed by atoms with Crippen molar-refractivity contribution >= 4 is 24.0 Å². The van der Waals surface area contributed by atoms with Gasteiger partial charge in [-0.1, -0.05) is 107 Å². The zero-order valence-corrected chi connectivity index (χ0v) is 39.9. The quantitative estimate of drug-likeness (QED) is 0.114. The summed E-state index contributed by atoms with van der Waals surface area (Å²) in [6, 6.07) is 6.70. The molecule has 0 radical (unpaired) electrons. The van der Waals surface area contributed by atoms with Gasteiger partial charge in [0.15, 0.2) is 11.2 Å². The van der Waals surface area contributed by atoms with Gasteiger partial charge in [0.05, 0.1) is 54.0 Å². The number of benzene rings is 1. The highest BCUT2D eigenvalue weighted by atomic mass is 16.6. The lowest BCUT2D eigenvalue weighted by Crippen LogP contribution is -2.58. The smallest absolute Gasteiger partial charge is 0.410 e. The summed E-state index contributed by atoms with van der Waals surface area (Å²) in [4.78, 5) is 81.2. The molecule has 3 heterocycles. The van der Waals surface area contributed by atoms with Crippen LogP contribution in [-0.2, 0) is 19.1 Å². The number of rotatable bonds is 11. The zero-order chi connectivity index (χ0) is 47.0. The monoisotopic (exact) mass is 857 g/mol. The molecule has 4 N–H and O–H groups in total. The Balaban J connectivity index is 1.53. The molecule has 0 aliphatic carbocycles. The van der Waals surface area contributed by atoms with Gasteiger partial charge >= 0.3 is 12.2 Å². The maximum atomic E-state index is 14.0. The third kappa shape index (κ3) is 10.6. The average Bonchev–Trinajstić information content (AvgIpc) is 3.85. The number of H-pyrrole nitrogens is 2. The van der Waals surface area contributed by atoms with E-state index in [0.29, 0.717) is 28.7 Å². The highest BCUT2D eigenvalue weighted by Gasteiger charge is 2.51. The van der Waals surface area contributed by atoms with E-state index in [1.54, 1.807) is 66.8 Å². The summed E-state index contributed by atoms with van der Waals surface area (Å²) in [6.07, 6.45) is 5.52. The summed E-state index contributed by atoms with van der Waals surface area (Å²) in [5.74, 6) is 0.216. The van der Waals surface area contributed by atoms with E-state index < -0.39 is 68.9 Å². The topological polar surface area (TPSA) is 200 Å². The summed E-state index contributed by atoms with van der Waals surface area (Å²) in [5, 5.41) is 6.25. The number of ether oxygens (including phenoxy) is 2. The van der Waals surface area contributed by atoms with Crippen LogP contribution in [0.25, 0.3) is 33.9 Å². The Hall–Kier alpha value is -5.80. The van der Waals surface area contributed by atoms with E-state index in [2.05, 4.69) is 35.6 Å². The van der Waals surface area contributed by atoms with Gasteiger partial charge in [0.25, 0.3) is 11.8 Å². The minimum absolute atomic E-state index is 0.425. The van der Waals surface area contributed by atoms with Crippen LogP contribution in [0.1, 0.15) is 121 Å². The molecule has 4 atom stereocenters. The fourth-order valence-electron chi connectivity index (χ4n) is 6.22. The Kier molecular flexibility index (Phi) is 13.8. The lowest BCUT2D eigenvalue weighted by molar-refractivity contribution is -0.153. The van der Waals surface area contributed by atoms with E-state index in [4.69, 9.17) is 14.5 Å². The Morgan fingerprint density at radius 2 is 0.871 bits per heavy atom. The number of carbonyl (C=O) groups is 4. The molecule has 1 aromatic carbocycles. The number of aromatic nitrogens is 6. The molecule has 3 aromatic heterocycles. The van der Waals surface area contributed by atoms with Gasteiger partial charge in [-0.15, -0.1) is 0 Å². The van der Waals surface area contributed by atoms with Gasteiger partial charge in [0, 0.05) is 44.6 Å². The Labute approximate surface area is 366 Å². The maximum absolute atomic E-state index is 14.0. The number of nitrogens with one attached hydrogen (secondary N) is 4. The van der Waals surface area contributed by atoms with Crippen LogP contribution in [0.4, 0.5) is 9.59 Å². The van der Waals surface area contributed by atoms with Gasteiger partial charge in [0.1, 0.15) is 17.3 Å². The Bertz CT molecular complexity index is 2060. The van der Waals surface area contributed by atoms with Gasteiger partial charge in [-0.3, -0.25) is 19.6 Å². The summed E-state index contributed by atoms with van der Waals surface area (Å²) >= 11 is 0. The second-order valence-electron chi connectivity index (χ2n) is 20.9. The van der Waals surface area contributed by atoms with Crippen molar-refractivity contribution in [2.24, 2.45) is 21.7 Å². The number of amides is 4. The normalized spacial score (nSPS) is 15.3. The first-order valence-electron chi connectivity index (χ1n) is 20.8. The molecule has 0 spiro atoms. The van der Waals surface area contributed by atoms with Crippen molar-refractivity contribution < 1.29 is 28.7 Å². The number of aromatic amines is 2. The van der Waals surface area contributed by atoms with Gasteiger partial charge in [-0.2, -0.15) is 0 Å². The molecule has 0 aliphatic heterocycles. The molecule has 0 saturated carbocycles. The standard InChI is InChI=1S/C46H68N10O6/c1-41(2,3)33(53-37(57)45(13,43(7,8)9)61-39(59)55(15)16)35-49-24-30(51-35)28-21-19-27(20-22-28)29-23-48-31(25-47-29)32-26-50-36(52-32)34(42(4,5)6)54-38(58)46(14,44(10,11)12)62-40(60)56(17)18/h19-26,33-34H,1-18H3,(H,49,51)(H,50,52)(H,53,57)(H,54,58)/t33-,34-,45?,46?/m1/s1. The highest BCUT2D eigenvalue weighted by molar-refractivity contribution is 5.89. The number of carbonyl (C=O) groups excluding carboxylic acids is 4. The number of imidazole rings is 2. The largest absolute Gasteiger partial charge is 0.432 e. The van der Waals surface area contributed by atoms with E-state index in [-0.39, 0.29) is 0 Å². The van der Waals surface area contributed by atoms with Crippen LogP contribution in [0.3, 0.4) is 0 Å². The lowest BCUT2D eigenvalue weighted by atomic mass is 9.76. The summed E-state index contributed by atoms with van der Waals surface area (Å²) in [7, 11) is 6.30. The molecule has 16 heteroatoms. The molecular formula is C46H68N10O6. The molecule has 4 amide bonds. The van der Waals surface area contributed by atoms with Gasteiger partial charge in [-0.05, 0) is 30.2 Å². The van der Waals surface area contributed by atoms with Crippen molar-refractivity contribution in [3.63, 3.8) is 0 Å². The first-order valence-corrected chi connectivity index (χ1v) is 20.8. The molecule has 16 nitrogen and oxygen atoms in total. The van der Waals surface area contributed by atoms with Crippen molar-refractivity contribution in [1.29, 1.82) is 0 Å². The molecule has 0 fully saturated rings. The predicted octanol–water partition coefficient (Wildman–Crippen LogP) is 8.34. The van der Waals surface area contributed by atoms with Crippen LogP contribution in [0.15, 0.2) is 49.1 Å². The fourth-order valence-corrected chi connectivity index (χ4v) is 6.22. The van der Waals surface area contributed by atoms with Gasteiger partial charge in [-0.25, -0.2) is 19.6 Å². The summed E-state index contributed by atoms with van der Waals surface area (Å²) in [5.41, 5.74) is -1.01. The van der Waals surface area contributed by atoms with E-state index in [1.165, 1.54) is 9.80 Å². The van der Waals surface area contributed by atoms with Crippen LogP contribution in [0, 0.1) is 21.7 Å². The first kappa shape index (κ1) is 48.9. The van der Waals surface area contributed by atoms with Crippen LogP contribution in [0.5, 0.6) is 0 Å². The fraction of sp³-hybridized carbons (Fsp3) is 0.565. The van der Waals surface area contributed by atoms with Crippen molar-refractivity contribution in [3.05, 3.63) is 60.7 Å². The molecule has 4 rings (SSSR count). The van der Waals surface area contributed by atoms with Crippen LogP contribution >= 0.6 is 0 Å². The molecule has 0 aliphatic rings. The van der Waals surface area contributed by atoms with Crippen LogP contribution in [-0.4, -0.2) is 103 Å². The third-order valence-corrected chi connectivity index (χ3v) is 11.5. The van der Waals surface area contributed by atoms with Crippen molar-refractivity contribution in [3.8, 4) is 33.9 Å². The van der Waals surface area contributed by atoms with Crippen molar-refractivity contribution in [2.75, 3.05) is 28.2 Å². The molecule has 62 heavy (non-hydrogen) atoms. The highest BCUT2D eigenvalue weighted by Crippen LogP contribution is 2.40. The number of nitrogens with zero attached hydrogens (tertiary/aromatic N) is 6. The van der Waals surface area contributed by atoms with E-state index in [0.717, 1.165) is 16.8 Å². The number of hydrogen-bond acceptors (Lipinski definition) is 10. The van der Waals surface area contributed by atoms with Gasteiger partial charge < -0.3 is 39.9 Å². The molecule has 2 unspecified atom stereocenters. The minimum atomic E-state index is -1.48. The van der Waals surface area contributed by atoms with Crippen molar-refractivity contribution in [1.82, 2.24) is 50.3 Å². The molecule has 4 aromatic rings.